The van der Waals surface area contributed by atoms with Gasteiger partial charge in [0.15, 0.2) is 0 Å². The Bertz CT molecular complexity index is 660. The van der Waals surface area contributed by atoms with Crippen molar-refractivity contribution < 1.29 is 9.90 Å². The van der Waals surface area contributed by atoms with Gasteiger partial charge < -0.3 is 5.11 Å². The first-order valence-corrected chi connectivity index (χ1v) is 6.29. The fraction of sp³-hybridized carbons (Fsp3) is 0.200. The van der Waals surface area contributed by atoms with Gasteiger partial charge in [0.2, 0.25) is 5.91 Å². The maximum atomic E-state index is 11.5. The average molecular weight is 254 g/mol. The maximum Gasteiger partial charge on any atom is 0.243 e. The van der Waals surface area contributed by atoms with Gasteiger partial charge in [0, 0.05) is 11.5 Å². The van der Waals surface area contributed by atoms with E-state index in [9.17, 15) is 9.90 Å². The molecular weight excluding hydrogens is 240 g/mol. The van der Waals surface area contributed by atoms with Crippen LogP contribution < -0.4 is 5.43 Å². The number of fused-ring (bicyclic) bond motifs is 1. The molecule has 1 aliphatic carbocycles. The number of phenolic OH excluding ortho intramolecular Hbond substituents is 1. The van der Waals surface area contributed by atoms with Crippen LogP contribution >= 0.6 is 0 Å². The molecule has 3 rings (SSSR count). The second-order valence-electron chi connectivity index (χ2n) is 4.73. The lowest BCUT2D eigenvalue weighted by Crippen LogP contribution is -2.18. The number of phenols is 1. The molecule has 0 radical (unpaired) electrons. The van der Waals surface area contributed by atoms with E-state index >= 15 is 0 Å². The second-order valence-corrected chi connectivity index (χ2v) is 4.73. The van der Waals surface area contributed by atoms with Crippen LogP contribution in [0.15, 0.2) is 41.5 Å². The lowest BCUT2D eigenvalue weighted by Gasteiger charge is -2.04. The SMILES string of the molecule is O=C(N/N=C\c1c(O)ccc2ccccc12)C1CC1. The third-order valence-corrected chi connectivity index (χ3v) is 3.26. The molecule has 0 saturated heterocycles. The van der Waals surface area contributed by atoms with Crippen molar-refractivity contribution in [3.8, 4) is 5.75 Å². The second kappa shape index (κ2) is 4.72. The number of hydrogen-bond acceptors (Lipinski definition) is 3. The Hall–Kier alpha value is -2.36. The molecule has 0 unspecified atom stereocenters. The molecule has 0 bridgehead atoms. The monoisotopic (exact) mass is 254 g/mol. The number of hydrogen-bond donors (Lipinski definition) is 2. The van der Waals surface area contributed by atoms with E-state index < -0.39 is 0 Å². The fourth-order valence-electron chi connectivity index (χ4n) is 2.02. The summed E-state index contributed by atoms with van der Waals surface area (Å²) < 4.78 is 0. The average Bonchev–Trinajstić information content (AvgIpc) is 3.25. The zero-order valence-electron chi connectivity index (χ0n) is 10.3. The van der Waals surface area contributed by atoms with Crippen molar-refractivity contribution in [2.24, 2.45) is 11.0 Å². The Balaban J connectivity index is 1.88. The minimum atomic E-state index is -0.0454. The van der Waals surface area contributed by atoms with Crippen LogP contribution in [0, 0.1) is 5.92 Å². The predicted molar refractivity (Wildman–Crippen MR) is 74.1 cm³/mol. The van der Waals surface area contributed by atoms with Crippen LogP contribution in [-0.4, -0.2) is 17.2 Å². The standard InChI is InChI=1S/C15H14N2O2/c18-14-8-7-10-3-1-2-4-12(10)13(14)9-16-17-15(19)11-5-6-11/h1-4,7-9,11,18H,5-6H2,(H,17,19)/b16-9-. The van der Waals surface area contributed by atoms with Crippen LogP contribution in [0.2, 0.25) is 0 Å². The molecule has 4 nitrogen and oxygen atoms in total. The highest BCUT2D eigenvalue weighted by molar-refractivity contribution is 6.02. The normalized spacial score (nSPS) is 14.9. The smallest absolute Gasteiger partial charge is 0.243 e. The Labute approximate surface area is 110 Å². The van der Waals surface area contributed by atoms with Crippen LogP contribution in [-0.2, 0) is 4.79 Å². The summed E-state index contributed by atoms with van der Waals surface area (Å²) in [4.78, 5) is 11.5. The van der Waals surface area contributed by atoms with Gasteiger partial charge in [0.25, 0.3) is 0 Å². The number of aromatic hydroxyl groups is 1. The largest absolute Gasteiger partial charge is 0.507 e. The molecule has 1 fully saturated rings. The van der Waals surface area contributed by atoms with Gasteiger partial charge in [0.05, 0.1) is 6.21 Å². The van der Waals surface area contributed by atoms with Crippen molar-refractivity contribution in [2.75, 3.05) is 0 Å². The van der Waals surface area contributed by atoms with Crippen LogP contribution in [0.3, 0.4) is 0 Å². The molecule has 0 aliphatic heterocycles. The predicted octanol–water partition coefficient (Wildman–Crippen LogP) is 2.41. The molecule has 1 aliphatic rings. The quantitative estimate of drug-likeness (QED) is 0.652. The summed E-state index contributed by atoms with van der Waals surface area (Å²) in [5.41, 5.74) is 3.12. The van der Waals surface area contributed by atoms with Crippen molar-refractivity contribution in [1.82, 2.24) is 5.43 Å². The molecule has 1 saturated carbocycles. The number of carbonyl (C=O) groups is 1. The van der Waals surface area contributed by atoms with E-state index in [4.69, 9.17) is 0 Å². The number of carbonyl (C=O) groups excluding carboxylic acids is 1. The molecule has 1 amide bonds. The summed E-state index contributed by atoms with van der Waals surface area (Å²) in [5, 5.41) is 15.8. The van der Waals surface area contributed by atoms with E-state index in [1.165, 1.54) is 6.21 Å². The van der Waals surface area contributed by atoms with Crippen molar-refractivity contribution in [3.63, 3.8) is 0 Å². The van der Waals surface area contributed by atoms with Crippen LogP contribution in [0.4, 0.5) is 0 Å². The van der Waals surface area contributed by atoms with Gasteiger partial charge in [-0.25, -0.2) is 5.43 Å². The lowest BCUT2D eigenvalue weighted by molar-refractivity contribution is -0.122. The Kier molecular flexibility index (Phi) is 2.91. The molecule has 0 heterocycles. The van der Waals surface area contributed by atoms with Gasteiger partial charge in [-0.15, -0.1) is 0 Å². The number of nitrogens with one attached hydrogen (secondary N) is 1. The van der Waals surface area contributed by atoms with Crippen molar-refractivity contribution in [2.45, 2.75) is 12.8 Å². The van der Waals surface area contributed by atoms with Crippen molar-refractivity contribution in [1.29, 1.82) is 0 Å². The lowest BCUT2D eigenvalue weighted by atomic mass is 10.0. The Morgan fingerprint density at radius 2 is 2.05 bits per heavy atom. The Morgan fingerprint density at radius 1 is 1.26 bits per heavy atom. The van der Waals surface area contributed by atoms with Gasteiger partial charge >= 0.3 is 0 Å². The zero-order valence-corrected chi connectivity index (χ0v) is 10.3. The van der Waals surface area contributed by atoms with Gasteiger partial charge in [0.1, 0.15) is 5.75 Å². The van der Waals surface area contributed by atoms with Crippen molar-refractivity contribution in [3.05, 3.63) is 42.0 Å². The summed E-state index contributed by atoms with van der Waals surface area (Å²) in [7, 11) is 0. The van der Waals surface area contributed by atoms with E-state index in [2.05, 4.69) is 10.5 Å². The highest BCUT2D eigenvalue weighted by Crippen LogP contribution is 2.29. The number of nitrogens with zero attached hydrogens (tertiary/aromatic N) is 1. The molecule has 4 heteroatoms. The van der Waals surface area contributed by atoms with E-state index in [0.717, 1.165) is 23.6 Å². The highest BCUT2D eigenvalue weighted by Gasteiger charge is 2.29. The molecule has 2 aromatic rings. The van der Waals surface area contributed by atoms with Crippen LogP contribution in [0.25, 0.3) is 10.8 Å². The summed E-state index contributed by atoms with van der Waals surface area (Å²) in [6.45, 7) is 0. The first-order valence-electron chi connectivity index (χ1n) is 6.29. The minimum absolute atomic E-state index is 0.0454. The van der Waals surface area contributed by atoms with E-state index in [1.54, 1.807) is 6.07 Å². The third kappa shape index (κ3) is 2.42. The van der Waals surface area contributed by atoms with E-state index in [1.807, 2.05) is 30.3 Å². The zero-order chi connectivity index (χ0) is 13.2. The van der Waals surface area contributed by atoms with Gasteiger partial charge in [-0.2, -0.15) is 5.10 Å². The fourth-order valence-corrected chi connectivity index (χ4v) is 2.02. The highest BCUT2D eigenvalue weighted by atomic mass is 16.3. The van der Waals surface area contributed by atoms with Gasteiger partial charge in [-0.1, -0.05) is 30.3 Å². The molecular formula is C15H14N2O2. The van der Waals surface area contributed by atoms with Gasteiger partial charge in [-0.05, 0) is 29.7 Å². The minimum Gasteiger partial charge on any atom is -0.507 e. The molecule has 96 valence electrons. The topological polar surface area (TPSA) is 61.7 Å². The summed E-state index contributed by atoms with van der Waals surface area (Å²) in [6, 6.07) is 11.2. The summed E-state index contributed by atoms with van der Waals surface area (Å²) in [6.07, 6.45) is 3.39. The molecule has 2 N–H and O–H groups in total. The first kappa shape index (κ1) is 11.7. The van der Waals surface area contributed by atoms with Crippen LogP contribution in [0.1, 0.15) is 18.4 Å². The molecule has 0 spiro atoms. The van der Waals surface area contributed by atoms with Gasteiger partial charge in [-0.3, -0.25) is 4.79 Å². The van der Waals surface area contributed by atoms with E-state index in [0.29, 0.717) is 5.56 Å². The third-order valence-electron chi connectivity index (χ3n) is 3.26. The molecule has 0 atom stereocenters. The Morgan fingerprint density at radius 3 is 2.84 bits per heavy atom. The number of rotatable bonds is 3. The molecule has 19 heavy (non-hydrogen) atoms. The van der Waals surface area contributed by atoms with Crippen molar-refractivity contribution >= 4 is 22.9 Å². The number of benzene rings is 2. The molecule has 2 aromatic carbocycles. The first-order chi connectivity index (χ1) is 9.25. The van der Waals surface area contributed by atoms with E-state index in [-0.39, 0.29) is 17.6 Å². The summed E-state index contributed by atoms with van der Waals surface area (Å²) >= 11 is 0. The molecule has 0 aromatic heterocycles. The van der Waals surface area contributed by atoms with Crippen LogP contribution in [0.5, 0.6) is 5.75 Å². The summed E-state index contributed by atoms with van der Waals surface area (Å²) in [5.74, 6) is 0.234. The maximum absolute atomic E-state index is 11.5. The number of amides is 1. The number of hydrazone groups is 1.